The molecular weight excluding hydrogens is 308 g/mol. The van der Waals surface area contributed by atoms with Gasteiger partial charge in [-0.1, -0.05) is 42.5 Å². The van der Waals surface area contributed by atoms with Gasteiger partial charge in [-0.15, -0.1) is 0 Å². The standard InChI is InChI=1S/C17H30N2O3Si/c1-21-23(16-20,22-2)15-7-12-19-14-13-18-11-6-10-17-8-4-3-5-9-17/h3-6,8-10,18-20H,7,11-16H2,1-2H3/b10-6+. The van der Waals surface area contributed by atoms with Crippen LogP contribution in [-0.2, 0) is 8.85 Å². The maximum atomic E-state index is 9.36. The lowest BCUT2D eigenvalue weighted by atomic mass is 10.2. The highest BCUT2D eigenvalue weighted by Gasteiger charge is 2.33. The summed E-state index contributed by atoms with van der Waals surface area (Å²) in [6.45, 7) is 3.62. The van der Waals surface area contributed by atoms with Gasteiger partial charge < -0.3 is 24.6 Å². The van der Waals surface area contributed by atoms with Gasteiger partial charge in [0.05, 0.1) is 6.23 Å². The van der Waals surface area contributed by atoms with Crippen LogP contribution in [0.1, 0.15) is 12.0 Å². The van der Waals surface area contributed by atoms with Crippen molar-refractivity contribution in [2.45, 2.75) is 12.5 Å². The molecule has 130 valence electrons. The molecule has 0 saturated heterocycles. The van der Waals surface area contributed by atoms with E-state index in [4.69, 9.17) is 8.85 Å². The van der Waals surface area contributed by atoms with E-state index >= 15 is 0 Å². The van der Waals surface area contributed by atoms with Crippen molar-refractivity contribution in [2.75, 3.05) is 46.6 Å². The molecule has 0 saturated carbocycles. The van der Waals surface area contributed by atoms with E-state index in [1.165, 1.54) is 5.56 Å². The molecule has 0 aliphatic carbocycles. The van der Waals surface area contributed by atoms with Crippen LogP contribution in [0.3, 0.4) is 0 Å². The molecule has 0 spiro atoms. The van der Waals surface area contributed by atoms with E-state index in [0.717, 1.165) is 38.6 Å². The minimum Gasteiger partial charge on any atom is -0.396 e. The third-order valence-corrected chi connectivity index (χ3v) is 6.83. The van der Waals surface area contributed by atoms with Gasteiger partial charge in [0.25, 0.3) is 0 Å². The largest absolute Gasteiger partial charge is 0.396 e. The molecule has 1 rings (SSSR count). The Labute approximate surface area is 141 Å². The molecule has 0 amide bonds. The van der Waals surface area contributed by atoms with Gasteiger partial charge in [-0.25, -0.2) is 0 Å². The second-order valence-corrected chi connectivity index (χ2v) is 8.80. The van der Waals surface area contributed by atoms with E-state index < -0.39 is 8.56 Å². The summed E-state index contributed by atoms with van der Waals surface area (Å²) in [5.74, 6) is 0. The molecule has 6 heteroatoms. The van der Waals surface area contributed by atoms with Gasteiger partial charge in [0.1, 0.15) is 0 Å². The molecule has 0 bridgehead atoms. The predicted molar refractivity (Wildman–Crippen MR) is 97.5 cm³/mol. The van der Waals surface area contributed by atoms with Crippen molar-refractivity contribution < 1.29 is 14.0 Å². The highest BCUT2D eigenvalue weighted by atomic mass is 28.4. The van der Waals surface area contributed by atoms with Crippen molar-refractivity contribution in [3.63, 3.8) is 0 Å². The molecule has 0 aliphatic rings. The van der Waals surface area contributed by atoms with Crippen LogP contribution in [0.15, 0.2) is 36.4 Å². The lowest BCUT2D eigenvalue weighted by Gasteiger charge is -2.24. The van der Waals surface area contributed by atoms with Gasteiger partial charge in [-0.3, -0.25) is 0 Å². The molecule has 0 aliphatic heterocycles. The fourth-order valence-corrected chi connectivity index (χ4v) is 3.93. The molecule has 0 atom stereocenters. The van der Waals surface area contributed by atoms with E-state index in [-0.39, 0.29) is 6.23 Å². The number of hydrogen-bond acceptors (Lipinski definition) is 5. The van der Waals surface area contributed by atoms with Gasteiger partial charge in [0.2, 0.25) is 0 Å². The summed E-state index contributed by atoms with van der Waals surface area (Å²) in [4.78, 5) is 0. The van der Waals surface area contributed by atoms with Crippen LogP contribution < -0.4 is 10.6 Å². The number of aliphatic hydroxyl groups is 1. The van der Waals surface area contributed by atoms with Gasteiger partial charge >= 0.3 is 8.56 Å². The van der Waals surface area contributed by atoms with E-state index in [1.807, 2.05) is 18.2 Å². The first kappa shape index (κ1) is 20.0. The monoisotopic (exact) mass is 338 g/mol. The Kier molecular flexibility index (Phi) is 10.8. The highest BCUT2D eigenvalue weighted by Crippen LogP contribution is 2.12. The van der Waals surface area contributed by atoms with Crippen LogP contribution in [0.2, 0.25) is 6.04 Å². The maximum Gasteiger partial charge on any atom is 0.364 e. The molecule has 0 radical (unpaired) electrons. The Morgan fingerprint density at radius 1 is 1.04 bits per heavy atom. The second kappa shape index (κ2) is 12.4. The molecule has 1 aromatic rings. The predicted octanol–water partition coefficient (Wildman–Crippen LogP) is 1.54. The van der Waals surface area contributed by atoms with Crippen molar-refractivity contribution in [3.05, 3.63) is 42.0 Å². The molecule has 1 aromatic carbocycles. The zero-order valence-corrected chi connectivity index (χ0v) is 15.3. The number of rotatable bonds is 13. The van der Waals surface area contributed by atoms with Crippen molar-refractivity contribution in [1.82, 2.24) is 10.6 Å². The quantitative estimate of drug-likeness (QED) is 0.376. The van der Waals surface area contributed by atoms with Crippen LogP contribution in [-0.4, -0.2) is 60.3 Å². The first-order valence-corrected chi connectivity index (χ1v) is 10.3. The summed E-state index contributed by atoms with van der Waals surface area (Å²) < 4.78 is 10.7. The van der Waals surface area contributed by atoms with Gasteiger partial charge in [0, 0.05) is 33.9 Å². The summed E-state index contributed by atoms with van der Waals surface area (Å²) >= 11 is 0. The molecular formula is C17H30N2O3Si. The average Bonchev–Trinajstić information content (AvgIpc) is 2.61. The van der Waals surface area contributed by atoms with Crippen LogP contribution in [0, 0.1) is 0 Å². The minimum absolute atomic E-state index is 0.00923. The minimum atomic E-state index is -2.34. The Morgan fingerprint density at radius 2 is 1.74 bits per heavy atom. The summed E-state index contributed by atoms with van der Waals surface area (Å²) in [7, 11) is 0.890. The molecule has 0 unspecified atom stereocenters. The van der Waals surface area contributed by atoms with Crippen LogP contribution in [0.25, 0.3) is 6.08 Å². The highest BCUT2D eigenvalue weighted by molar-refractivity contribution is 6.67. The smallest absolute Gasteiger partial charge is 0.364 e. The van der Waals surface area contributed by atoms with Crippen LogP contribution in [0.5, 0.6) is 0 Å². The first-order chi connectivity index (χ1) is 11.3. The topological polar surface area (TPSA) is 62.8 Å². The normalized spacial score (nSPS) is 12.1. The summed E-state index contributed by atoms with van der Waals surface area (Å²) in [6, 6.07) is 11.1. The van der Waals surface area contributed by atoms with Crippen molar-refractivity contribution in [1.29, 1.82) is 0 Å². The Hall–Kier alpha value is -1.02. The molecule has 0 fully saturated rings. The van der Waals surface area contributed by atoms with Crippen LogP contribution in [0.4, 0.5) is 0 Å². The number of aliphatic hydroxyl groups excluding tert-OH is 1. The molecule has 23 heavy (non-hydrogen) atoms. The number of hydrogen-bond donors (Lipinski definition) is 3. The number of benzene rings is 1. The molecule has 3 N–H and O–H groups in total. The van der Waals surface area contributed by atoms with E-state index in [0.29, 0.717) is 0 Å². The van der Waals surface area contributed by atoms with E-state index in [2.05, 4.69) is 34.9 Å². The third-order valence-electron chi connectivity index (χ3n) is 3.75. The first-order valence-electron chi connectivity index (χ1n) is 8.10. The SMILES string of the molecule is CO[Si](CO)(CCCNCCNC/C=C/c1ccccc1)OC. The molecule has 5 nitrogen and oxygen atoms in total. The average molecular weight is 339 g/mol. The zero-order chi connectivity index (χ0) is 16.8. The fraction of sp³-hybridized carbons (Fsp3) is 0.529. The zero-order valence-electron chi connectivity index (χ0n) is 14.3. The third kappa shape index (κ3) is 8.41. The van der Waals surface area contributed by atoms with Crippen molar-refractivity contribution >= 4 is 14.6 Å². The Morgan fingerprint density at radius 3 is 2.39 bits per heavy atom. The van der Waals surface area contributed by atoms with Crippen molar-refractivity contribution in [3.8, 4) is 0 Å². The lowest BCUT2D eigenvalue weighted by molar-refractivity contribution is 0.196. The summed E-state index contributed by atoms with van der Waals surface area (Å²) in [6.07, 6.45) is 5.21. The Balaban J connectivity index is 1.98. The van der Waals surface area contributed by atoms with Gasteiger partial charge in [-0.05, 0) is 24.6 Å². The van der Waals surface area contributed by atoms with E-state index in [1.54, 1.807) is 14.2 Å². The molecule has 0 heterocycles. The fourth-order valence-electron chi connectivity index (χ4n) is 2.22. The van der Waals surface area contributed by atoms with Crippen LogP contribution >= 0.6 is 0 Å². The second-order valence-electron chi connectivity index (χ2n) is 5.35. The number of nitrogens with one attached hydrogen (secondary N) is 2. The van der Waals surface area contributed by atoms with E-state index in [9.17, 15) is 5.11 Å². The Bertz CT molecular complexity index is 417. The maximum absolute atomic E-state index is 9.36. The summed E-state index contributed by atoms with van der Waals surface area (Å²) in [5, 5.41) is 16.1. The lowest BCUT2D eigenvalue weighted by Crippen LogP contribution is -2.45. The molecule has 0 aromatic heterocycles. The van der Waals surface area contributed by atoms with Gasteiger partial charge in [0.15, 0.2) is 0 Å². The van der Waals surface area contributed by atoms with Gasteiger partial charge in [-0.2, -0.15) is 0 Å². The summed E-state index contributed by atoms with van der Waals surface area (Å²) in [5.41, 5.74) is 1.22. The van der Waals surface area contributed by atoms with Crippen molar-refractivity contribution in [2.24, 2.45) is 0 Å².